The van der Waals surface area contributed by atoms with Crippen LogP contribution in [0, 0.1) is 23.7 Å². The van der Waals surface area contributed by atoms with E-state index >= 15 is 0 Å². The summed E-state index contributed by atoms with van der Waals surface area (Å²) in [5.41, 5.74) is 0. The van der Waals surface area contributed by atoms with Crippen LogP contribution < -0.4 is 5.32 Å². The van der Waals surface area contributed by atoms with Gasteiger partial charge in [0.1, 0.15) is 6.04 Å². The lowest BCUT2D eigenvalue weighted by Crippen LogP contribution is -2.46. The molecule has 2 N–H and O–H groups in total. The van der Waals surface area contributed by atoms with Crippen molar-refractivity contribution in [2.45, 2.75) is 52.1 Å². The smallest absolute Gasteiger partial charge is 0.320 e. The first kappa shape index (κ1) is 13.6. The second-order valence-corrected chi connectivity index (χ2v) is 6.42. The predicted octanol–water partition coefficient (Wildman–Crippen LogP) is 2.68. The monoisotopic (exact) mass is 251 g/mol. The molecule has 0 aromatic heterocycles. The van der Waals surface area contributed by atoms with Gasteiger partial charge < -0.3 is 10.4 Å². The van der Waals surface area contributed by atoms with E-state index in [1.165, 1.54) is 12.8 Å². The van der Waals surface area contributed by atoms with Gasteiger partial charge in [0.25, 0.3) is 0 Å². The fraction of sp³-hybridized carbons (Fsp3) is 0.800. The maximum Gasteiger partial charge on any atom is 0.320 e. The summed E-state index contributed by atoms with van der Waals surface area (Å²) < 4.78 is 0. The molecule has 0 aliphatic heterocycles. The van der Waals surface area contributed by atoms with E-state index in [0.29, 0.717) is 30.2 Å². The Balaban J connectivity index is 1.90. The third-order valence-corrected chi connectivity index (χ3v) is 4.44. The molecule has 0 spiro atoms. The van der Waals surface area contributed by atoms with Gasteiger partial charge in [0.15, 0.2) is 0 Å². The van der Waals surface area contributed by atoms with Crippen LogP contribution in [0.4, 0.5) is 0 Å². The summed E-state index contributed by atoms with van der Waals surface area (Å²) in [5.74, 6) is 1.73. The second-order valence-electron chi connectivity index (χ2n) is 6.42. The van der Waals surface area contributed by atoms with Crippen LogP contribution in [0.3, 0.4) is 0 Å². The minimum absolute atomic E-state index is 0.296. The number of aliphatic carboxylic acids is 1. The van der Waals surface area contributed by atoms with E-state index in [1.807, 2.05) is 0 Å². The molecule has 0 heterocycles. The zero-order valence-corrected chi connectivity index (χ0v) is 11.6. The molecule has 0 saturated heterocycles. The zero-order chi connectivity index (χ0) is 13.3. The molecule has 5 unspecified atom stereocenters. The lowest BCUT2D eigenvalue weighted by atomic mass is 9.87. The molecular weight excluding hydrogens is 226 g/mol. The number of carboxylic acids is 1. The van der Waals surface area contributed by atoms with E-state index in [9.17, 15) is 9.90 Å². The minimum atomic E-state index is -0.714. The first-order valence-corrected chi connectivity index (χ1v) is 7.14. The Bertz CT molecular complexity index is 337. The van der Waals surface area contributed by atoms with E-state index < -0.39 is 12.0 Å². The van der Waals surface area contributed by atoms with Crippen molar-refractivity contribution in [2.75, 3.05) is 0 Å². The Labute approximate surface area is 110 Å². The molecule has 102 valence electrons. The Kier molecular flexibility index (Phi) is 4.10. The van der Waals surface area contributed by atoms with Crippen molar-refractivity contribution in [2.24, 2.45) is 23.7 Å². The van der Waals surface area contributed by atoms with Gasteiger partial charge in [-0.1, -0.05) is 26.0 Å². The maximum atomic E-state index is 11.3. The average molecular weight is 251 g/mol. The quantitative estimate of drug-likeness (QED) is 0.714. The van der Waals surface area contributed by atoms with Crippen LogP contribution in [0.25, 0.3) is 0 Å². The van der Waals surface area contributed by atoms with Crippen LogP contribution in [0.15, 0.2) is 12.2 Å². The Morgan fingerprint density at radius 2 is 2.06 bits per heavy atom. The molecule has 1 saturated carbocycles. The number of hydrogen-bond donors (Lipinski definition) is 2. The van der Waals surface area contributed by atoms with E-state index in [0.717, 1.165) is 5.92 Å². The summed E-state index contributed by atoms with van der Waals surface area (Å²) in [6.45, 7) is 6.29. The number of allylic oxidation sites excluding steroid dienone is 2. The van der Waals surface area contributed by atoms with Gasteiger partial charge in [-0.15, -0.1) is 0 Å². The average Bonchev–Trinajstić information content (AvgIpc) is 2.88. The summed E-state index contributed by atoms with van der Waals surface area (Å²) in [6.07, 6.45) is 7.87. The second kappa shape index (κ2) is 5.43. The van der Waals surface area contributed by atoms with E-state index in [-0.39, 0.29) is 0 Å². The van der Waals surface area contributed by atoms with Gasteiger partial charge in [0.2, 0.25) is 0 Å². The van der Waals surface area contributed by atoms with Gasteiger partial charge in [-0.2, -0.15) is 0 Å². The van der Waals surface area contributed by atoms with Crippen molar-refractivity contribution >= 4 is 5.97 Å². The molecule has 0 amide bonds. The molecule has 5 atom stereocenters. The van der Waals surface area contributed by atoms with Crippen LogP contribution >= 0.6 is 0 Å². The largest absolute Gasteiger partial charge is 0.480 e. The van der Waals surface area contributed by atoms with E-state index in [4.69, 9.17) is 0 Å². The van der Waals surface area contributed by atoms with Crippen molar-refractivity contribution in [3.63, 3.8) is 0 Å². The molecule has 1 fully saturated rings. The highest BCUT2D eigenvalue weighted by molar-refractivity contribution is 5.73. The van der Waals surface area contributed by atoms with Crippen LogP contribution in [0.2, 0.25) is 0 Å². The third kappa shape index (κ3) is 2.94. The molecular formula is C15H25NO2. The summed E-state index contributed by atoms with van der Waals surface area (Å²) >= 11 is 0. The highest BCUT2D eigenvalue weighted by atomic mass is 16.4. The lowest BCUT2D eigenvalue weighted by molar-refractivity contribution is -0.140. The summed E-state index contributed by atoms with van der Waals surface area (Å²) in [6, 6.07) is -0.104. The predicted molar refractivity (Wildman–Crippen MR) is 72.3 cm³/mol. The molecule has 0 aromatic rings. The Morgan fingerprint density at radius 1 is 1.33 bits per heavy atom. The fourth-order valence-corrected chi connectivity index (χ4v) is 3.55. The number of carbonyl (C=O) groups is 1. The van der Waals surface area contributed by atoms with Gasteiger partial charge in [0.05, 0.1) is 0 Å². The number of hydrogen-bond acceptors (Lipinski definition) is 2. The highest BCUT2D eigenvalue weighted by Crippen LogP contribution is 2.44. The minimum Gasteiger partial charge on any atom is -0.480 e. The SMILES string of the molecule is CC(C)CC(NC(C)C1CC2C=CC1C2)C(=O)O. The van der Waals surface area contributed by atoms with E-state index in [2.05, 4.69) is 38.2 Å². The van der Waals surface area contributed by atoms with Gasteiger partial charge in [-0.3, -0.25) is 4.79 Å². The lowest BCUT2D eigenvalue weighted by Gasteiger charge is -2.29. The van der Waals surface area contributed by atoms with Crippen LogP contribution in [-0.4, -0.2) is 23.2 Å². The standard InChI is InChI=1S/C15H25NO2/c1-9(2)6-14(15(17)18)16-10(3)13-8-11-4-5-12(13)7-11/h4-5,9-14,16H,6-8H2,1-3H3,(H,17,18). The number of rotatable bonds is 6. The molecule has 3 nitrogen and oxygen atoms in total. The maximum absolute atomic E-state index is 11.3. The van der Waals surface area contributed by atoms with Crippen LogP contribution in [0.5, 0.6) is 0 Å². The molecule has 2 aliphatic carbocycles. The Hall–Kier alpha value is -0.830. The zero-order valence-electron chi connectivity index (χ0n) is 11.6. The molecule has 2 rings (SSSR count). The van der Waals surface area contributed by atoms with Gasteiger partial charge in [-0.05, 0) is 49.9 Å². The summed E-state index contributed by atoms with van der Waals surface area (Å²) in [4.78, 5) is 11.3. The summed E-state index contributed by atoms with van der Waals surface area (Å²) in [7, 11) is 0. The molecule has 2 aliphatic rings. The van der Waals surface area contributed by atoms with Crippen molar-refractivity contribution < 1.29 is 9.90 Å². The normalized spacial score (nSPS) is 33.0. The summed E-state index contributed by atoms with van der Waals surface area (Å²) in [5, 5.41) is 12.6. The van der Waals surface area contributed by atoms with Gasteiger partial charge in [-0.25, -0.2) is 0 Å². The van der Waals surface area contributed by atoms with Crippen LogP contribution in [0.1, 0.15) is 40.0 Å². The third-order valence-electron chi connectivity index (χ3n) is 4.44. The van der Waals surface area contributed by atoms with Crippen molar-refractivity contribution in [3.05, 3.63) is 12.2 Å². The first-order valence-electron chi connectivity index (χ1n) is 7.14. The van der Waals surface area contributed by atoms with Gasteiger partial charge >= 0.3 is 5.97 Å². The molecule has 2 bridgehead atoms. The molecule has 0 aromatic carbocycles. The molecule has 18 heavy (non-hydrogen) atoms. The number of nitrogens with one attached hydrogen (secondary N) is 1. The van der Waals surface area contributed by atoms with E-state index in [1.54, 1.807) is 0 Å². The van der Waals surface area contributed by atoms with Gasteiger partial charge in [0, 0.05) is 6.04 Å². The number of fused-ring (bicyclic) bond motifs is 2. The van der Waals surface area contributed by atoms with Crippen molar-refractivity contribution in [1.29, 1.82) is 0 Å². The molecule has 0 radical (unpaired) electrons. The van der Waals surface area contributed by atoms with Crippen molar-refractivity contribution in [3.8, 4) is 0 Å². The van der Waals surface area contributed by atoms with Crippen LogP contribution in [-0.2, 0) is 4.79 Å². The fourth-order valence-electron chi connectivity index (χ4n) is 3.55. The van der Waals surface area contributed by atoms with Crippen molar-refractivity contribution in [1.82, 2.24) is 5.32 Å². The molecule has 3 heteroatoms. The highest BCUT2D eigenvalue weighted by Gasteiger charge is 2.39. The topological polar surface area (TPSA) is 49.3 Å². The first-order chi connectivity index (χ1) is 8.47. The Morgan fingerprint density at radius 3 is 2.50 bits per heavy atom. The number of carboxylic acid groups (broad SMARTS) is 1.